The van der Waals surface area contributed by atoms with Crippen LogP contribution >= 0.6 is 23.2 Å². The minimum atomic E-state index is -0.225. The number of aryl methyl sites for hydroxylation is 1. The Morgan fingerprint density at radius 3 is 2.43 bits per heavy atom. The fourth-order valence-electron chi connectivity index (χ4n) is 2.66. The number of hydrogen-bond donors (Lipinski definition) is 2. The van der Waals surface area contributed by atoms with Gasteiger partial charge < -0.3 is 15.4 Å². The van der Waals surface area contributed by atoms with Crippen LogP contribution in [0.4, 0.5) is 11.4 Å². The Bertz CT molecular complexity index is 959. The van der Waals surface area contributed by atoms with Crippen molar-refractivity contribution in [3.8, 4) is 5.75 Å². The van der Waals surface area contributed by atoms with Gasteiger partial charge in [-0.05, 0) is 67.1 Å². The Balaban J connectivity index is 1.61. The Morgan fingerprint density at radius 1 is 0.929 bits per heavy atom. The van der Waals surface area contributed by atoms with Gasteiger partial charge in [-0.2, -0.15) is 0 Å². The lowest BCUT2D eigenvalue weighted by Crippen LogP contribution is -2.20. The third-order valence-electron chi connectivity index (χ3n) is 4.01. The normalized spacial score (nSPS) is 10.4. The van der Waals surface area contributed by atoms with E-state index < -0.39 is 0 Å². The third-order valence-corrected chi connectivity index (χ3v) is 4.50. The minimum absolute atomic E-state index is 0.0937. The standard InChI is InChI=1S/C22H20Cl2N2O2/c1-15-3-2-4-20(11-15)26-22(27)14-28-21-10-7-18(24)12-16(21)13-25-19-8-5-17(23)6-9-19/h2-12,25H,13-14H2,1H3,(H,26,27). The Morgan fingerprint density at radius 2 is 1.68 bits per heavy atom. The Labute approximate surface area is 174 Å². The van der Waals surface area contributed by atoms with Gasteiger partial charge in [-0.25, -0.2) is 0 Å². The van der Waals surface area contributed by atoms with Gasteiger partial charge in [-0.1, -0.05) is 35.3 Å². The van der Waals surface area contributed by atoms with E-state index in [2.05, 4.69) is 10.6 Å². The van der Waals surface area contributed by atoms with Crippen LogP contribution in [-0.4, -0.2) is 12.5 Å². The van der Waals surface area contributed by atoms with Gasteiger partial charge in [0.05, 0.1) is 0 Å². The van der Waals surface area contributed by atoms with Crippen molar-refractivity contribution in [3.05, 3.63) is 87.9 Å². The average molecular weight is 415 g/mol. The molecule has 0 spiro atoms. The van der Waals surface area contributed by atoms with Crippen LogP contribution in [0.25, 0.3) is 0 Å². The molecule has 3 rings (SSSR count). The van der Waals surface area contributed by atoms with E-state index in [0.29, 0.717) is 22.3 Å². The molecule has 0 aliphatic rings. The summed E-state index contributed by atoms with van der Waals surface area (Å²) in [4.78, 5) is 12.2. The van der Waals surface area contributed by atoms with Crippen molar-refractivity contribution in [2.75, 3.05) is 17.2 Å². The van der Waals surface area contributed by atoms with Crippen molar-refractivity contribution < 1.29 is 9.53 Å². The predicted molar refractivity (Wildman–Crippen MR) is 116 cm³/mol. The van der Waals surface area contributed by atoms with Crippen LogP contribution in [0, 0.1) is 6.92 Å². The maximum Gasteiger partial charge on any atom is 0.262 e. The molecule has 0 saturated heterocycles. The smallest absolute Gasteiger partial charge is 0.262 e. The summed E-state index contributed by atoms with van der Waals surface area (Å²) in [6, 6.07) is 20.3. The van der Waals surface area contributed by atoms with Gasteiger partial charge in [0.1, 0.15) is 5.75 Å². The third kappa shape index (κ3) is 5.91. The van der Waals surface area contributed by atoms with Gasteiger partial charge in [0.2, 0.25) is 0 Å². The van der Waals surface area contributed by atoms with Gasteiger partial charge in [-0.3, -0.25) is 4.79 Å². The van der Waals surface area contributed by atoms with Gasteiger partial charge in [0, 0.05) is 33.5 Å². The summed E-state index contributed by atoms with van der Waals surface area (Å²) in [5.41, 5.74) is 3.60. The molecule has 6 heteroatoms. The van der Waals surface area contributed by atoms with E-state index >= 15 is 0 Å². The molecule has 0 fully saturated rings. The summed E-state index contributed by atoms with van der Waals surface area (Å²) in [5.74, 6) is 0.377. The maximum atomic E-state index is 12.2. The molecule has 0 atom stereocenters. The van der Waals surface area contributed by atoms with E-state index in [1.807, 2.05) is 61.5 Å². The molecule has 28 heavy (non-hydrogen) atoms. The number of ether oxygens (including phenoxy) is 1. The van der Waals surface area contributed by atoms with Crippen molar-refractivity contribution in [2.24, 2.45) is 0 Å². The van der Waals surface area contributed by atoms with Gasteiger partial charge >= 0.3 is 0 Å². The Hall–Kier alpha value is -2.69. The van der Waals surface area contributed by atoms with Crippen molar-refractivity contribution in [1.82, 2.24) is 0 Å². The van der Waals surface area contributed by atoms with E-state index in [1.54, 1.807) is 12.1 Å². The number of carbonyl (C=O) groups is 1. The Kier molecular flexibility index (Phi) is 6.80. The fraction of sp³-hybridized carbons (Fsp3) is 0.136. The second-order valence-electron chi connectivity index (χ2n) is 6.32. The van der Waals surface area contributed by atoms with Crippen LogP contribution < -0.4 is 15.4 Å². The molecule has 0 heterocycles. The molecule has 4 nitrogen and oxygen atoms in total. The largest absolute Gasteiger partial charge is 0.483 e. The summed E-state index contributed by atoms with van der Waals surface area (Å²) in [5, 5.41) is 7.40. The highest BCUT2D eigenvalue weighted by atomic mass is 35.5. The van der Waals surface area contributed by atoms with Crippen LogP contribution in [0.3, 0.4) is 0 Å². The highest BCUT2D eigenvalue weighted by molar-refractivity contribution is 6.31. The molecule has 2 N–H and O–H groups in total. The molecular formula is C22H20Cl2N2O2. The van der Waals surface area contributed by atoms with Gasteiger partial charge in [0.25, 0.3) is 5.91 Å². The molecule has 0 aromatic heterocycles. The number of hydrogen-bond acceptors (Lipinski definition) is 3. The van der Waals surface area contributed by atoms with Crippen LogP contribution in [-0.2, 0) is 11.3 Å². The van der Waals surface area contributed by atoms with Crippen molar-refractivity contribution >= 4 is 40.5 Å². The molecule has 0 aliphatic carbocycles. The zero-order valence-corrected chi connectivity index (χ0v) is 16.8. The number of nitrogens with one attached hydrogen (secondary N) is 2. The van der Waals surface area contributed by atoms with E-state index in [4.69, 9.17) is 27.9 Å². The summed E-state index contributed by atoms with van der Waals surface area (Å²) >= 11 is 12.0. The number of amides is 1. The number of benzene rings is 3. The van der Waals surface area contributed by atoms with Crippen LogP contribution in [0.5, 0.6) is 5.75 Å². The zero-order valence-electron chi connectivity index (χ0n) is 15.3. The summed E-state index contributed by atoms with van der Waals surface area (Å²) in [6.07, 6.45) is 0. The first-order valence-electron chi connectivity index (χ1n) is 8.77. The van der Waals surface area contributed by atoms with Crippen molar-refractivity contribution in [3.63, 3.8) is 0 Å². The topological polar surface area (TPSA) is 50.4 Å². The highest BCUT2D eigenvalue weighted by Gasteiger charge is 2.09. The molecule has 0 unspecified atom stereocenters. The minimum Gasteiger partial charge on any atom is -0.483 e. The summed E-state index contributed by atoms with van der Waals surface area (Å²) < 4.78 is 5.73. The number of halogens is 2. The summed E-state index contributed by atoms with van der Waals surface area (Å²) in [7, 11) is 0. The second kappa shape index (κ2) is 9.49. The average Bonchev–Trinajstić information content (AvgIpc) is 2.67. The first-order valence-corrected chi connectivity index (χ1v) is 9.52. The van der Waals surface area contributed by atoms with E-state index in [1.165, 1.54) is 0 Å². The summed E-state index contributed by atoms with van der Waals surface area (Å²) in [6.45, 7) is 2.38. The molecule has 0 aliphatic heterocycles. The van der Waals surface area contributed by atoms with E-state index in [0.717, 1.165) is 22.5 Å². The monoisotopic (exact) mass is 414 g/mol. The first-order chi connectivity index (χ1) is 13.5. The molecule has 3 aromatic carbocycles. The molecule has 1 amide bonds. The highest BCUT2D eigenvalue weighted by Crippen LogP contribution is 2.24. The number of anilines is 2. The molecule has 0 radical (unpaired) electrons. The SMILES string of the molecule is Cc1cccc(NC(=O)COc2ccc(Cl)cc2CNc2ccc(Cl)cc2)c1. The second-order valence-corrected chi connectivity index (χ2v) is 7.19. The van der Waals surface area contributed by atoms with Gasteiger partial charge in [-0.15, -0.1) is 0 Å². The van der Waals surface area contributed by atoms with E-state index in [9.17, 15) is 4.79 Å². The first kappa shape index (κ1) is 20.1. The molecule has 0 bridgehead atoms. The van der Waals surface area contributed by atoms with E-state index in [-0.39, 0.29) is 12.5 Å². The molecule has 144 valence electrons. The lowest BCUT2D eigenvalue weighted by molar-refractivity contribution is -0.118. The van der Waals surface area contributed by atoms with Crippen LogP contribution in [0.1, 0.15) is 11.1 Å². The number of rotatable bonds is 7. The zero-order chi connectivity index (χ0) is 19.9. The molecular weight excluding hydrogens is 395 g/mol. The lowest BCUT2D eigenvalue weighted by atomic mass is 10.2. The van der Waals surface area contributed by atoms with Crippen LogP contribution in [0.2, 0.25) is 10.0 Å². The van der Waals surface area contributed by atoms with Gasteiger partial charge in [0.15, 0.2) is 6.61 Å². The lowest BCUT2D eigenvalue weighted by Gasteiger charge is -2.14. The fourth-order valence-corrected chi connectivity index (χ4v) is 2.98. The van der Waals surface area contributed by atoms with Crippen molar-refractivity contribution in [2.45, 2.75) is 13.5 Å². The van der Waals surface area contributed by atoms with Crippen LogP contribution in [0.15, 0.2) is 66.7 Å². The molecule has 3 aromatic rings. The molecule has 0 saturated carbocycles. The predicted octanol–water partition coefficient (Wildman–Crippen LogP) is 5.93. The number of carbonyl (C=O) groups excluding carboxylic acids is 1. The van der Waals surface area contributed by atoms with Crippen molar-refractivity contribution in [1.29, 1.82) is 0 Å². The quantitative estimate of drug-likeness (QED) is 0.503. The maximum absolute atomic E-state index is 12.2.